The summed E-state index contributed by atoms with van der Waals surface area (Å²) in [4.78, 5) is 30.0. The summed E-state index contributed by atoms with van der Waals surface area (Å²) in [6, 6.07) is 0. The second-order valence-electron chi connectivity index (χ2n) is 5.11. The lowest BCUT2D eigenvalue weighted by Gasteiger charge is -2.04. The second-order valence-corrected chi connectivity index (χ2v) is 6.11. The lowest BCUT2D eigenvalue weighted by molar-refractivity contribution is 0.0531. The first-order chi connectivity index (χ1) is 11.5. The largest absolute Gasteiger partial charge is 0.462 e. The molecule has 0 atom stereocenters. The van der Waals surface area contributed by atoms with Gasteiger partial charge in [0.15, 0.2) is 10.8 Å². The van der Waals surface area contributed by atoms with Gasteiger partial charge in [0.2, 0.25) is 5.95 Å². The third-order valence-corrected chi connectivity index (χ3v) is 4.51. The summed E-state index contributed by atoms with van der Waals surface area (Å²) in [5.41, 5.74) is 2.96. The van der Waals surface area contributed by atoms with Crippen molar-refractivity contribution in [3.8, 4) is 0 Å². The van der Waals surface area contributed by atoms with Crippen LogP contribution in [0.2, 0.25) is 0 Å². The number of thiazole rings is 1. The lowest BCUT2D eigenvalue weighted by Crippen LogP contribution is -2.03. The van der Waals surface area contributed by atoms with E-state index in [4.69, 9.17) is 4.74 Å². The Bertz CT molecular complexity index is 901. The number of aryl methyl sites for hydroxylation is 3. The van der Waals surface area contributed by atoms with E-state index in [1.807, 2.05) is 18.4 Å². The minimum absolute atomic E-state index is 0.332. The summed E-state index contributed by atoms with van der Waals surface area (Å²) >= 11 is 1.23. The molecule has 0 aromatic carbocycles. The molecule has 0 aliphatic heterocycles. The van der Waals surface area contributed by atoms with Crippen molar-refractivity contribution in [2.24, 2.45) is 0 Å². The Morgan fingerprint density at radius 2 is 2.04 bits per heavy atom. The van der Waals surface area contributed by atoms with Crippen LogP contribution >= 0.6 is 11.3 Å². The number of imidazole rings is 1. The predicted molar refractivity (Wildman–Crippen MR) is 91.8 cm³/mol. The van der Waals surface area contributed by atoms with E-state index in [1.165, 1.54) is 11.3 Å². The highest BCUT2D eigenvalue weighted by atomic mass is 32.1. The third kappa shape index (κ3) is 2.94. The van der Waals surface area contributed by atoms with E-state index in [0.717, 1.165) is 23.4 Å². The molecule has 0 spiro atoms. The molecule has 3 rings (SSSR count). The maximum absolute atomic E-state index is 11.9. The normalized spacial score (nSPS) is 11.0. The van der Waals surface area contributed by atoms with Crippen molar-refractivity contribution in [2.45, 2.75) is 34.2 Å². The highest BCUT2D eigenvalue weighted by Crippen LogP contribution is 2.26. The quantitative estimate of drug-likeness (QED) is 0.710. The van der Waals surface area contributed by atoms with Crippen molar-refractivity contribution in [1.29, 1.82) is 0 Å². The van der Waals surface area contributed by atoms with Crippen LogP contribution in [0.25, 0.3) is 11.2 Å². The van der Waals surface area contributed by atoms with Gasteiger partial charge in [0.1, 0.15) is 10.4 Å². The fourth-order valence-corrected chi connectivity index (χ4v) is 3.16. The first-order valence-electron chi connectivity index (χ1n) is 7.64. The summed E-state index contributed by atoms with van der Waals surface area (Å²) in [5, 5.41) is 3.63. The summed E-state index contributed by atoms with van der Waals surface area (Å²) in [7, 11) is 0. The fraction of sp³-hybridized carbons (Fsp3) is 0.400. The first-order valence-corrected chi connectivity index (χ1v) is 8.46. The van der Waals surface area contributed by atoms with Crippen LogP contribution in [0, 0.1) is 13.8 Å². The zero-order valence-corrected chi connectivity index (χ0v) is 14.8. The van der Waals surface area contributed by atoms with Gasteiger partial charge in [0, 0.05) is 6.54 Å². The number of rotatable bonds is 5. The molecule has 3 aromatic rings. The van der Waals surface area contributed by atoms with Gasteiger partial charge < -0.3 is 9.30 Å². The molecular formula is C15H18N6O2S. The average Bonchev–Trinajstić information content (AvgIpc) is 3.11. The van der Waals surface area contributed by atoms with E-state index in [9.17, 15) is 4.79 Å². The van der Waals surface area contributed by atoms with Crippen molar-refractivity contribution < 1.29 is 9.53 Å². The number of nitrogens with one attached hydrogen (secondary N) is 1. The molecule has 0 aliphatic rings. The molecule has 1 N–H and O–H groups in total. The van der Waals surface area contributed by atoms with E-state index >= 15 is 0 Å². The Hall–Kier alpha value is -2.55. The molecule has 0 unspecified atom stereocenters. The Morgan fingerprint density at radius 3 is 2.75 bits per heavy atom. The standard InChI is InChI=1S/C15H18N6O2S/c1-5-21-7-16-10-8(3)17-14(19-12(10)21)20-15-18-9(4)11(24-15)13(22)23-6-2/h7H,5-6H2,1-4H3,(H,17,18,19,20). The summed E-state index contributed by atoms with van der Waals surface area (Å²) in [5.74, 6) is 0.0662. The maximum atomic E-state index is 11.9. The molecule has 126 valence electrons. The second kappa shape index (κ2) is 6.52. The van der Waals surface area contributed by atoms with Gasteiger partial charge in [-0.15, -0.1) is 0 Å². The van der Waals surface area contributed by atoms with E-state index in [-0.39, 0.29) is 5.97 Å². The molecule has 0 saturated heterocycles. The Balaban J connectivity index is 1.92. The Kier molecular flexibility index (Phi) is 4.43. The number of esters is 1. The molecule has 0 aliphatic carbocycles. The molecule has 3 heterocycles. The van der Waals surface area contributed by atoms with E-state index in [0.29, 0.717) is 28.3 Å². The van der Waals surface area contributed by atoms with Gasteiger partial charge in [-0.25, -0.2) is 19.7 Å². The van der Waals surface area contributed by atoms with Gasteiger partial charge in [-0.2, -0.15) is 4.98 Å². The number of anilines is 2. The molecule has 9 heteroatoms. The van der Waals surface area contributed by atoms with Crippen LogP contribution in [0.1, 0.15) is 34.9 Å². The molecule has 8 nitrogen and oxygen atoms in total. The van der Waals surface area contributed by atoms with Crippen LogP contribution < -0.4 is 5.32 Å². The van der Waals surface area contributed by atoms with Crippen LogP contribution in [-0.2, 0) is 11.3 Å². The number of carbonyl (C=O) groups excluding carboxylic acids is 1. The predicted octanol–water partition coefficient (Wildman–Crippen LogP) is 2.84. The molecule has 0 saturated carbocycles. The molecule has 0 bridgehead atoms. The molecule has 24 heavy (non-hydrogen) atoms. The number of fused-ring (bicyclic) bond motifs is 1. The van der Waals surface area contributed by atoms with Gasteiger partial charge in [-0.1, -0.05) is 11.3 Å². The van der Waals surface area contributed by atoms with Crippen molar-refractivity contribution in [3.63, 3.8) is 0 Å². The monoisotopic (exact) mass is 346 g/mol. The number of hydrogen-bond donors (Lipinski definition) is 1. The SMILES string of the molecule is CCOC(=O)c1sc(Nc2nc(C)c3ncn(CC)c3n2)nc1C. The Morgan fingerprint density at radius 1 is 1.25 bits per heavy atom. The van der Waals surface area contributed by atoms with Gasteiger partial charge >= 0.3 is 5.97 Å². The minimum Gasteiger partial charge on any atom is -0.462 e. The molecule has 0 amide bonds. The highest BCUT2D eigenvalue weighted by Gasteiger charge is 2.17. The van der Waals surface area contributed by atoms with Crippen molar-refractivity contribution in [3.05, 3.63) is 22.6 Å². The smallest absolute Gasteiger partial charge is 0.350 e. The van der Waals surface area contributed by atoms with Crippen LogP contribution in [-0.4, -0.2) is 37.1 Å². The summed E-state index contributed by atoms with van der Waals surface area (Å²) in [6.45, 7) is 8.57. The van der Waals surface area contributed by atoms with Crippen LogP contribution in [0.5, 0.6) is 0 Å². The fourth-order valence-electron chi connectivity index (χ4n) is 2.30. The van der Waals surface area contributed by atoms with Crippen LogP contribution in [0.15, 0.2) is 6.33 Å². The lowest BCUT2D eigenvalue weighted by atomic mass is 10.4. The van der Waals surface area contributed by atoms with Gasteiger partial charge in [-0.3, -0.25) is 5.32 Å². The van der Waals surface area contributed by atoms with Crippen molar-refractivity contribution in [1.82, 2.24) is 24.5 Å². The highest BCUT2D eigenvalue weighted by molar-refractivity contribution is 7.17. The zero-order chi connectivity index (χ0) is 17.3. The van der Waals surface area contributed by atoms with Gasteiger partial charge in [0.05, 0.1) is 24.3 Å². The summed E-state index contributed by atoms with van der Waals surface area (Å²) < 4.78 is 6.98. The van der Waals surface area contributed by atoms with Crippen LogP contribution in [0.3, 0.4) is 0 Å². The zero-order valence-electron chi connectivity index (χ0n) is 14.0. The number of hydrogen-bond acceptors (Lipinski definition) is 8. The van der Waals surface area contributed by atoms with E-state index in [1.54, 1.807) is 20.2 Å². The van der Waals surface area contributed by atoms with Crippen molar-refractivity contribution >= 4 is 39.5 Å². The third-order valence-electron chi connectivity index (χ3n) is 3.46. The van der Waals surface area contributed by atoms with Gasteiger partial charge in [0.25, 0.3) is 0 Å². The number of ether oxygens (including phenoxy) is 1. The first kappa shape index (κ1) is 16.3. The minimum atomic E-state index is -0.364. The summed E-state index contributed by atoms with van der Waals surface area (Å²) in [6.07, 6.45) is 1.75. The molecule has 3 aromatic heterocycles. The van der Waals surface area contributed by atoms with Crippen LogP contribution in [0.4, 0.5) is 11.1 Å². The van der Waals surface area contributed by atoms with E-state index < -0.39 is 0 Å². The Labute approximate surface area is 142 Å². The molecular weight excluding hydrogens is 328 g/mol. The molecule has 0 radical (unpaired) electrons. The van der Waals surface area contributed by atoms with Gasteiger partial charge in [-0.05, 0) is 27.7 Å². The van der Waals surface area contributed by atoms with E-state index in [2.05, 4.69) is 25.3 Å². The van der Waals surface area contributed by atoms with Crippen molar-refractivity contribution in [2.75, 3.05) is 11.9 Å². The number of aromatic nitrogens is 5. The number of nitrogens with zero attached hydrogens (tertiary/aromatic N) is 5. The average molecular weight is 346 g/mol. The maximum Gasteiger partial charge on any atom is 0.350 e. The number of carbonyl (C=O) groups is 1. The molecule has 0 fully saturated rings. The topological polar surface area (TPSA) is 94.8 Å².